The minimum Gasteiger partial charge on any atom is -0.480 e. The number of aliphatic carboxylic acids is 1. The van der Waals surface area contributed by atoms with Crippen LogP contribution in [0.2, 0.25) is 0 Å². The Hall–Kier alpha value is -3.34. The zero-order chi connectivity index (χ0) is 26.8. The van der Waals surface area contributed by atoms with Crippen LogP contribution in [-0.4, -0.2) is 60.8 Å². The van der Waals surface area contributed by atoms with Crippen LogP contribution in [0.5, 0.6) is 0 Å². The van der Waals surface area contributed by atoms with E-state index >= 15 is 0 Å². The van der Waals surface area contributed by atoms with E-state index in [0.29, 0.717) is 51.7 Å². The quantitative estimate of drug-likeness (QED) is 0.175. The smallest absolute Gasteiger partial charge is 0.407 e. The SMILES string of the molecule is CC(C)CNC(=O)[C@@H](CCCCNC(=O)OCc1ccccc1)NC(=O)N[C@@H](CCCCN)C(=O)O. The van der Waals surface area contributed by atoms with Crippen molar-refractivity contribution in [3.8, 4) is 0 Å². The first kappa shape index (κ1) is 30.7. The number of hydrogen-bond donors (Lipinski definition) is 6. The van der Waals surface area contributed by atoms with E-state index in [1.54, 1.807) is 0 Å². The molecule has 1 aromatic carbocycles. The van der Waals surface area contributed by atoms with Crippen LogP contribution in [0.1, 0.15) is 57.9 Å². The lowest BCUT2D eigenvalue weighted by atomic mass is 10.1. The third-order valence-corrected chi connectivity index (χ3v) is 5.26. The number of ether oxygens (including phenoxy) is 1. The highest BCUT2D eigenvalue weighted by molar-refractivity contribution is 5.88. The summed E-state index contributed by atoms with van der Waals surface area (Å²) in [5, 5.41) is 19.8. The summed E-state index contributed by atoms with van der Waals surface area (Å²) >= 11 is 0. The van der Waals surface area contributed by atoms with E-state index in [1.165, 1.54) is 0 Å². The summed E-state index contributed by atoms with van der Waals surface area (Å²) in [6.45, 7) is 5.32. The van der Waals surface area contributed by atoms with Gasteiger partial charge in [-0.05, 0) is 56.6 Å². The third kappa shape index (κ3) is 14.1. The van der Waals surface area contributed by atoms with Crippen molar-refractivity contribution in [3.63, 3.8) is 0 Å². The first-order valence-electron chi connectivity index (χ1n) is 12.4. The average molecular weight is 508 g/mol. The fourth-order valence-corrected chi connectivity index (χ4v) is 3.24. The molecule has 11 nitrogen and oxygen atoms in total. The number of carbonyl (C=O) groups is 4. The molecule has 0 saturated heterocycles. The Balaban J connectivity index is 2.49. The minimum absolute atomic E-state index is 0.174. The Morgan fingerprint density at radius 3 is 2.19 bits per heavy atom. The van der Waals surface area contributed by atoms with Gasteiger partial charge in [-0.2, -0.15) is 0 Å². The zero-order valence-electron chi connectivity index (χ0n) is 21.3. The molecule has 1 rings (SSSR count). The summed E-state index contributed by atoms with van der Waals surface area (Å²) < 4.78 is 5.16. The van der Waals surface area contributed by atoms with E-state index in [1.807, 2.05) is 44.2 Å². The summed E-state index contributed by atoms with van der Waals surface area (Å²) in [6.07, 6.45) is 2.36. The van der Waals surface area contributed by atoms with E-state index in [2.05, 4.69) is 21.3 Å². The predicted octanol–water partition coefficient (Wildman–Crippen LogP) is 2.11. The molecule has 36 heavy (non-hydrogen) atoms. The topological polar surface area (TPSA) is 172 Å². The molecular formula is C25H41N5O6. The first-order chi connectivity index (χ1) is 17.2. The van der Waals surface area contributed by atoms with E-state index < -0.39 is 30.2 Å². The van der Waals surface area contributed by atoms with Crippen molar-refractivity contribution in [2.45, 2.75) is 71.1 Å². The van der Waals surface area contributed by atoms with Crippen molar-refractivity contribution < 1.29 is 29.0 Å². The third-order valence-electron chi connectivity index (χ3n) is 5.26. The molecule has 0 heterocycles. The van der Waals surface area contributed by atoms with Crippen LogP contribution < -0.4 is 27.0 Å². The lowest BCUT2D eigenvalue weighted by Crippen LogP contribution is -2.53. The molecule has 0 aliphatic rings. The van der Waals surface area contributed by atoms with Crippen LogP contribution in [0, 0.1) is 5.92 Å². The van der Waals surface area contributed by atoms with Crippen LogP contribution >= 0.6 is 0 Å². The monoisotopic (exact) mass is 507 g/mol. The molecule has 0 aromatic heterocycles. The molecule has 0 fully saturated rings. The van der Waals surface area contributed by atoms with Gasteiger partial charge in [-0.25, -0.2) is 14.4 Å². The van der Waals surface area contributed by atoms with E-state index in [9.17, 15) is 24.3 Å². The lowest BCUT2D eigenvalue weighted by Gasteiger charge is -2.21. The Morgan fingerprint density at radius 1 is 0.917 bits per heavy atom. The first-order valence-corrected chi connectivity index (χ1v) is 12.4. The maximum atomic E-state index is 12.6. The van der Waals surface area contributed by atoms with Gasteiger partial charge in [-0.3, -0.25) is 4.79 Å². The summed E-state index contributed by atoms with van der Waals surface area (Å²) in [5.41, 5.74) is 6.33. The van der Waals surface area contributed by atoms with E-state index in [4.69, 9.17) is 10.5 Å². The molecule has 0 radical (unpaired) electrons. The molecule has 0 aliphatic heterocycles. The van der Waals surface area contributed by atoms with Gasteiger partial charge in [0.2, 0.25) is 5.91 Å². The average Bonchev–Trinajstić information content (AvgIpc) is 2.85. The summed E-state index contributed by atoms with van der Waals surface area (Å²) in [6, 6.07) is 6.70. The Morgan fingerprint density at radius 2 is 1.56 bits per heavy atom. The van der Waals surface area contributed by atoms with Crippen molar-refractivity contribution in [1.82, 2.24) is 21.3 Å². The Bertz CT molecular complexity index is 805. The number of amides is 4. The molecule has 202 valence electrons. The van der Waals surface area contributed by atoms with Crippen LogP contribution in [0.25, 0.3) is 0 Å². The second-order valence-corrected chi connectivity index (χ2v) is 8.97. The molecule has 0 bridgehead atoms. The van der Waals surface area contributed by atoms with Gasteiger partial charge in [0.25, 0.3) is 0 Å². The number of nitrogens with one attached hydrogen (secondary N) is 4. The second-order valence-electron chi connectivity index (χ2n) is 8.97. The predicted molar refractivity (Wildman–Crippen MR) is 136 cm³/mol. The molecule has 0 spiro atoms. The van der Waals surface area contributed by atoms with Crippen molar-refractivity contribution in [2.75, 3.05) is 19.6 Å². The number of rotatable bonds is 17. The maximum Gasteiger partial charge on any atom is 0.407 e. The van der Waals surface area contributed by atoms with Gasteiger partial charge >= 0.3 is 18.1 Å². The molecule has 2 atom stereocenters. The second kappa shape index (κ2) is 18.0. The van der Waals surface area contributed by atoms with Gasteiger partial charge in [-0.15, -0.1) is 0 Å². The van der Waals surface area contributed by atoms with Gasteiger partial charge < -0.3 is 36.8 Å². The molecule has 0 aliphatic carbocycles. The number of carboxylic acid groups (broad SMARTS) is 1. The van der Waals surface area contributed by atoms with Crippen molar-refractivity contribution in [3.05, 3.63) is 35.9 Å². The number of unbranched alkanes of at least 4 members (excludes halogenated alkanes) is 2. The molecule has 4 amide bonds. The van der Waals surface area contributed by atoms with Crippen molar-refractivity contribution in [2.24, 2.45) is 11.7 Å². The zero-order valence-corrected chi connectivity index (χ0v) is 21.3. The van der Waals surface area contributed by atoms with Crippen molar-refractivity contribution >= 4 is 24.0 Å². The van der Waals surface area contributed by atoms with E-state index in [-0.39, 0.29) is 24.9 Å². The fourth-order valence-electron chi connectivity index (χ4n) is 3.24. The van der Waals surface area contributed by atoms with Gasteiger partial charge in [0.15, 0.2) is 0 Å². The van der Waals surface area contributed by atoms with Gasteiger partial charge in [-0.1, -0.05) is 44.2 Å². The molecule has 0 unspecified atom stereocenters. The van der Waals surface area contributed by atoms with Crippen molar-refractivity contribution in [1.29, 1.82) is 0 Å². The molecule has 0 saturated carbocycles. The Kier molecular flexibility index (Phi) is 15.3. The molecular weight excluding hydrogens is 466 g/mol. The fraction of sp³-hybridized carbons (Fsp3) is 0.600. The highest BCUT2D eigenvalue weighted by Crippen LogP contribution is 2.05. The normalized spacial score (nSPS) is 12.3. The Labute approximate surface area is 212 Å². The van der Waals surface area contributed by atoms with Crippen LogP contribution in [0.15, 0.2) is 30.3 Å². The molecule has 1 aromatic rings. The van der Waals surface area contributed by atoms with Crippen LogP contribution in [0.4, 0.5) is 9.59 Å². The van der Waals surface area contributed by atoms with Gasteiger partial charge in [0.05, 0.1) is 0 Å². The molecule has 7 N–H and O–H groups in total. The highest BCUT2D eigenvalue weighted by Gasteiger charge is 2.24. The largest absolute Gasteiger partial charge is 0.480 e. The highest BCUT2D eigenvalue weighted by atomic mass is 16.5. The number of alkyl carbamates (subject to hydrolysis) is 1. The molecule has 11 heteroatoms. The standard InChI is InChI=1S/C25H41N5O6/c1-18(2)16-28-22(31)20(29-24(34)30-21(23(32)33)13-6-8-14-26)12-7-9-15-27-25(35)36-17-19-10-4-3-5-11-19/h3-5,10-11,18,20-21H,6-9,12-17,26H2,1-2H3,(H,27,35)(H,28,31)(H,32,33)(H2,29,30,34)/t20-,21+/m1/s1. The lowest BCUT2D eigenvalue weighted by molar-refractivity contribution is -0.139. The number of carbonyl (C=O) groups excluding carboxylic acids is 3. The van der Waals surface area contributed by atoms with Crippen LogP contribution in [-0.2, 0) is 20.9 Å². The van der Waals surface area contributed by atoms with E-state index in [0.717, 1.165) is 5.56 Å². The maximum absolute atomic E-state index is 12.6. The summed E-state index contributed by atoms with van der Waals surface area (Å²) in [7, 11) is 0. The number of hydrogen-bond acceptors (Lipinski definition) is 6. The van der Waals surface area contributed by atoms with Gasteiger partial charge in [0.1, 0.15) is 18.7 Å². The minimum atomic E-state index is -1.15. The van der Waals surface area contributed by atoms with Crippen LogP contribution in [0.3, 0.4) is 0 Å². The number of carboxylic acids is 1. The number of urea groups is 1. The summed E-state index contributed by atoms with van der Waals surface area (Å²) in [5.74, 6) is -1.26. The summed E-state index contributed by atoms with van der Waals surface area (Å²) in [4.78, 5) is 48.4. The van der Waals surface area contributed by atoms with Gasteiger partial charge in [0, 0.05) is 13.1 Å². The number of benzene rings is 1. The number of nitrogens with two attached hydrogens (primary N) is 1.